The quantitative estimate of drug-likeness (QED) is 0.514. The Morgan fingerprint density at radius 1 is 1.12 bits per heavy atom. The predicted molar refractivity (Wildman–Crippen MR) is 113 cm³/mol. The number of fused-ring (bicyclic) bond motifs is 1. The number of benzene rings is 2. The summed E-state index contributed by atoms with van der Waals surface area (Å²) in [4.78, 5) is 25.9. The zero-order valence-electron chi connectivity index (χ0n) is 17.1. The number of hydrogen-bond acceptors (Lipinski definition) is 4. The molecule has 1 fully saturated rings. The number of anilines is 1. The van der Waals surface area contributed by atoms with Gasteiger partial charge in [-0.2, -0.15) is 17.9 Å². The number of piperidine rings is 1. The highest BCUT2D eigenvalue weighted by Gasteiger charge is 2.37. The van der Waals surface area contributed by atoms with Gasteiger partial charge >= 0.3 is 12.1 Å². The SMILES string of the molecule is O=C(O)CC1CCN(c2nn(C(=O)c3c(Cl)cccc3C(F)(F)F)c3cccc(F)c23)CC1. The molecule has 174 valence electrons. The van der Waals surface area contributed by atoms with E-state index < -0.39 is 40.0 Å². The minimum Gasteiger partial charge on any atom is -0.481 e. The Balaban J connectivity index is 1.78. The van der Waals surface area contributed by atoms with Crippen LogP contribution in [-0.4, -0.2) is 39.9 Å². The standard InChI is InChI=1S/C22H18ClF4N3O3/c23-14-4-1-3-13(22(25,26)27)18(14)21(33)30-16-6-2-5-15(24)19(16)20(28-30)29-9-7-12(8-10-29)11-17(31)32/h1-6,12H,7-11H2,(H,31,32). The van der Waals surface area contributed by atoms with Crippen LogP contribution in [0.4, 0.5) is 23.4 Å². The summed E-state index contributed by atoms with van der Waals surface area (Å²) in [5.41, 5.74) is -1.97. The van der Waals surface area contributed by atoms with Gasteiger partial charge in [0.05, 0.1) is 27.1 Å². The molecule has 6 nitrogen and oxygen atoms in total. The number of carboxylic acids is 1. The molecule has 2 aromatic carbocycles. The molecule has 1 aliphatic heterocycles. The molecule has 1 saturated heterocycles. The topological polar surface area (TPSA) is 75.4 Å². The van der Waals surface area contributed by atoms with Crippen LogP contribution in [0.2, 0.25) is 5.02 Å². The van der Waals surface area contributed by atoms with Gasteiger partial charge in [0.2, 0.25) is 0 Å². The third-order valence-corrected chi connectivity index (χ3v) is 6.06. The highest BCUT2D eigenvalue weighted by Crippen LogP contribution is 2.37. The number of halogens is 5. The second kappa shape index (κ2) is 8.66. The van der Waals surface area contributed by atoms with E-state index in [1.54, 1.807) is 4.90 Å². The zero-order chi connectivity index (χ0) is 23.9. The number of aromatic nitrogens is 2. The molecule has 0 atom stereocenters. The van der Waals surface area contributed by atoms with Gasteiger partial charge in [-0.15, -0.1) is 5.10 Å². The molecule has 0 aliphatic carbocycles. The number of rotatable bonds is 4. The average molecular weight is 484 g/mol. The van der Waals surface area contributed by atoms with E-state index in [9.17, 15) is 27.2 Å². The molecule has 1 aliphatic rings. The molecular formula is C22H18ClF4N3O3. The molecule has 11 heteroatoms. The fourth-order valence-corrected chi connectivity index (χ4v) is 4.42. The Kier molecular flexibility index (Phi) is 6.04. The molecule has 4 rings (SSSR count). The van der Waals surface area contributed by atoms with Gasteiger partial charge in [0.25, 0.3) is 5.91 Å². The van der Waals surface area contributed by atoms with Crippen LogP contribution in [0.3, 0.4) is 0 Å². The molecule has 0 amide bonds. The van der Waals surface area contributed by atoms with Gasteiger partial charge in [-0.1, -0.05) is 23.7 Å². The van der Waals surface area contributed by atoms with E-state index in [0.717, 1.165) is 16.8 Å². The van der Waals surface area contributed by atoms with Crippen molar-refractivity contribution in [1.29, 1.82) is 0 Å². The van der Waals surface area contributed by atoms with Gasteiger partial charge in [-0.25, -0.2) is 4.39 Å². The smallest absolute Gasteiger partial charge is 0.417 e. The first-order chi connectivity index (χ1) is 15.6. The Morgan fingerprint density at radius 3 is 2.42 bits per heavy atom. The summed E-state index contributed by atoms with van der Waals surface area (Å²) in [5.74, 6) is -2.64. The Labute approximate surface area is 190 Å². The molecule has 1 aromatic heterocycles. The fourth-order valence-electron chi connectivity index (χ4n) is 4.16. The van der Waals surface area contributed by atoms with E-state index >= 15 is 0 Å². The predicted octanol–water partition coefficient (Wildman–Crippen LogP) is 5.23. The van der Waals surface area contributed by atoms with E-state index in [1.807, 2.05) is 0 Å². The van der Waals surface area contributed by atoms with Crippen LogP contribution in [0.15, 0.2) is 36.4 Å². The highest BCUT2D eigenvalue weighted by molar-refractivity contribution is 6.34. The maximum atomic E-state index is 14.8. The monoisotopic (exact) mass is 483 g/mol. The number of carbonyl (C=O) groups excluding carboxylic acids is 1. The first-order valence-corrected chi connectivity index (χ1v) is 10.5. The first-order valence-electron chi connectivity index (χ1n) is 10.1. The Bertz CT molecular complexity index is 1230. The number of alkyl halides is 3. The van der Waals surface area contributed by atoms with Crippen LogP contribution < -0.4 is 4.90 Å². The van der Waals surface area contributed by atoms with Gasteiger partial charge in [-0.3, -0.25) is 9.59 Å². The third kappa shape index (κ3) is 4.39. The van der Waals surface area contributed by atoms with Crippen molar-refractivity contribution in [2.75, 3.05) is 18.0 Å². The third-order valence-electron chi connectivity index (χ3n) is 5.74. The minimum absolute atomic E-state index is 0.00291. The van der Waals surface area contributed by atoms with E-state index in [4.69, 9.17) is 16.7 Å². The lowest BCUT2D eigenvalue weighted by atomic mass is 9.93. The summed E-state index contributed by atoms with van der Waals surface area (Å²) >= 11 is 5.98. The molecular weight excluding hydrogens is 466 g/mol. The van der Waals surface area contributed by atoms with E-state index in [2.05, 4.69) is 5.10 Å². The molecule has 0 radical (unpaired) electrons. The second-order valence-corrected chi connectivity index (χ2v) is 8.27. The summed E-state index contributed by atoms with van der Waals surface area (Å²) in [7, 11) is 0. The minimum atomic E-state index is -4.83. The highest BCUT2D eigenvalue weighted by atomic mass is 35.5. The normalized spacial score (nSPS) is 15.2. The molecule has 2 heterocycles. The van der Waals surface area contributed by atoms with Crippen LogP contribution in [0.5, 0.6) is 0 Å². The summed E-state index contributed by atoms with van der Waals surface area (Å²) in [6.45, 7) is 0.735. The molecule has 0 unspecified atom stereocenters. The van der Waals surface area contributed by atoms with Crippen molar-refractivity contribution in [3.05, 3.63) is 58.4 Å². The van der Waals surface area contributed by atoms with Crippen LogP contribution in [0, 0.1) is 11.7 Å². The maximum absolute atomic E-state index is 14.8. The van der Waals surface area contributed by atoms with Gasteiger partial charge in [0.15, 0.2) is 5.82 Å². The van der Waals surface area contributed by atoms with Crippen molar-refractivity contribution in [3.63, 3.8) is 0 Å². The van der Waals surface area contributed by atoms with E-state index in [0.29, 0.717) is 25.9 Å². The molecule has 0 saturated carbocycles. The van der Waals surface area contributed by atoms with Crippen molar-refractivity contribution in [1.82, 2.24) is 9.78 Å². The Hall–Kier alpha value is -3.14. The van der Waals surface area contributed by atoms with Crippen molar-refractivity contribution in [2.45, 2.75) is 25.4 Å². The number of carboxylic acid groups (broad SMARTS) is 1. The van der Waals surface area contributed by atoms with Crippen molar-refractivity contribution < 1.29 is 32.3 Å². The van der Waals surface area contributed by atoms with Crippen LogP contribution >= 0.6 is 11.6 Å². The lowest BCUT2D eigenvalue weighted by molar-refractivity contribution is -0.139. The number of nitrogens with zero attached hydrogens (tertiary/aromatic N) is 3. The first kappa shape index (κ1) is 23.0. The Morgan fingerprint density at radius 2 is 1.79 bits per heavy atom. The largest absolute Gasteiger partial charge is 0.481 e. The lowest BCUT2D eigenvalue weighted by Crippen LogP contribution is -2.35. The zero-order valence-corrected chi connectivity index (χ0v) is 17.8. The molecule has 33 heavy (non-hydrogen) atoms. The second-order valence-electron chi connectivity index (χ2n) is 7.86. The van der Waals surface area contributed by atoms with Crippen molar-refractivity contribution >= 4 is 40.2 Å². The summed E-state index contributed by atoms with van der Waals surface area (Å²) in [6.07, 6.45) is -3.78. The maximum Gasteiger partial charge on any atom is 0.417 e. The number of aliphatic carboxylic acids is 1. The molecule has 0 spiro atoms. The van der Waals surface area contributed by atoms with Crippen LogP contribution in [0.1, 0.15) is 35.2 Å². The number of hydrogen-bond donors (Lipinski definition) is 1. The average Bonchev–Trinajstić information content (AvgIpc) is 3.14. The van der Waals surface area contributed by atoms with Crippen molar-refractivity contribution in [2.24, 2.45) is 5.92 Å². The van der Waals surface area contributed by atoms with Crippen molar-refractivity contribution in [3.8, 4) is 0 Å². The molecule has 1 N–H and O–H groups in total. The number of carbonyl (C=O) groups is 2. The lowest BCUT2D eigenvalue weighted by Gasteiger charge is -2.31. The van der Waals surface area contributed by atoms with Crippen LogP contribution in [-0.2, 0) is 11.0 Å². The van der Waals surface area contributed by atoms with Gasteiger partial charge in [0, 0.05) is 19.5 Å². The van der Waals surface area contributed by atoms with Crippen LogP contribution in [0.25, 0.3) is 10.9 Å². The van der Waals surface area contributed by atoms with Gasteiger partial charge in [-0.05, 0) is 43.0 Å². The summed E-state index contributed by atoms with van der Waals surface area (Å²) in [5, 5.41) is 12.8. The summed E-state index contributed by atoms with van der Waals surface area (Å²) < 4.78 is 56.2. The molecule has 3 aromatic rings. The van der Waals surface area contributed by atoms with Gasteiger partial charge in [0.1, 0.15) is 5.82 Å². The van der Waals surface area contributed by atoms with E-state index in [1.165, 1.54) is 24.3 Å². The molecule has 0 bridgehead atoms. The van der Waals surface area contributed by atoms with Gasteiger partial charge < -0.3 is 10.0 Å². The fraction of sp³-hybridized carbons (Fsp3) is 0.318. The van der Waals surface area contributed by atoms with E-state index in [-0.39, 0.29) is 29.1 Å². The summed E-state index contributed by atoms with van der Waals surface area (Å²) in [6, 6.07) is 6.92.